The van der Waals surface area contributed by atoms with Crippen LogP contribution in [0.15, 0.2) is 29.0 Å². The van der Waals surface area contributed by atoms with Crippen molar-refractivity contribution in [3.63, 3.8) is 0 Å². The van der Waals surface area contributed by atoms with Crippen molar-refractivity contribution < 1.29 is 4.52 Å². The Morgan fingerprint density at radius 3 is 2.42 bits per heavy atom. The summed E-state index contributed by atoms with van der Waals surface area (Å²) in [6.07, 6.45) is 4.81. The first kappa shape index (κ1) is 17.0. The van der Waals surface area contributed by atoms with Gasteiger partial charge in [-0.15, -0.1) is 0 Å². The molecule has 0 amide bonds. The highest BCUT2D eigenvalue weighted by molar-refractivity contribution is 5.10. The first-order chi connectivity index (χ1) is 11.6. The van der Waals surface area contributed by atoms with E-state index in [1.165, 1.54) is 5.56 Å². The fourth-order valence-electron chi connectivity index (χ4n) is 3.02. The maximum atomic E-state index is 5.45. The molecule has 0 bridgehead atoms. The van der Waals surface area contributed by atoms with Gasteiger partial charge in [-0.2, -0.15) is 4.98 Å². The number of hydrogen-bond donors (Lipinski definition) is 0. The molecule has 1 aliphatic rings. The second-order valence-electron chi connectivity index (χ2n) is 6.80. The van der Waals surface area contributed by atoms with Gasteiger partial charge in [-0.1, -0.05) is 19.0 Å². The summed E-state index contributed by atoms with van der Waals surface area (Å²) in [5.74, 6) is 1.84. The van der Waals surface area contributed by atoms with Gasteiger partial charge in [0.15, 0.2) is 5.82 Å². The summed E-state index contributed by atoms with van der Waals surface area (Å²) >= 11 is 0. The van der Waals surface area contributed by atoms with Crippen molar-refractivity contribution >= 4 is 0 Å². The Labute approximate surface area is 143 Å². The zero-order chi connectivity index (χ0) is 16.9. The lowest BCUT2D eigenvalue weighted by molar-refractivity contribution is 0.0890. The molecule has 2 aromatic rings. The second kappa shape index (κ2) is 7.85. The quantitative estimate of drug-likeness (QED) is 0.811. The predicted molar refractivity (Wildman–Crippen MR) is 92.8 cm³/mol. The number of nitrogens with zero attached hydrogens (tertiary/aromatic N) is 5. The van der Waals surface area contributed by atoms with Crippen molar-refractivity contribution in [3.8, 4) is 0 Å². The van der Waals surface area contributed by atoms with E-state index < -0.39 is 0 Å². The molecule has 0 saturated carbocycles. The normalized spacial score (nSPS) is 18.2. The van der Waals surface area contributed by atoms with Crippen LogP contribution in [0.4, 0.5) is 0 Å². The van der Waals surface area contributed by atoms with Gasteiger partial charge in [0, 0.05) is 51.0 Å². The highest BCUT2D eigenvalue weighted by Gasteiger charge is 2.25. The molecule has 1 atom stereocenters. The number of rotatable bonds is 6. The van der Waals surface area contributed by atoms with Gasteiger partial charge in [0.1, 0.15) is 0 Å². The van der Waals surface area contributed by atoms with E-state index in [0.717, 1.165) is 50.9 Å². The molecule has 24 heavy (non-hydrogen) atoms. The zero-order valence-corrected chi connectivity index (χ0v) is 14.9. The Morgan fingerprint density at radius 2 is 1.79 bits per heavy atom. The minimum absolute atomic E-state index is 0.187. The standard InChI is InChI=1S/C18H27N5O/c1-14(2)17-20-18(24-21-17)15(3)23-12-10-22(11-13-23)9-6-16-4-7-19-8-5-16/h4-5,7-8,14-15H,6,9-13H2,1-3H3. The molecule has 1 fully saturated rings. The van der Waals surface area contributed by atoms with E-state index in [9.17, 15) is 0 Å². The van der Waals surface area contributed by atoms with Crippen molar-refractivity contribution in [2.75, 3.05) is 32.7 Å². The number of pyridine rings is 1. The highest BCUT2D eigenvalue weighted by atomic mass is 16.5. The van der Waals surface area contributed by atoms with Crippen molar-refractivity contribution in [2.45, 2.75) is 39.2 Å². The lowest BCUT2D eigenvalue weighted by Gasteiger charge is -2.36. The van der Waals surface area contributed by atoms with Gasteiger partial charge < -0.3 is 9.42 Å². The molecule has 0 aliphatic carbocycles. The lowest BCUT2D eigenvalue weighted by atomic mass is 10.1. The van der Waals surface area contributed by atoms with Crippen molar-refractivity contribution in [2.24, 2.45) is 0 Å². The molecule has 0 spiro atoms. The van der Waals surface area contributed by atoms with E-state index in [0.29, 0.717) is 5.92 Å². The largest absolute Gasteiger partial charge is 0.338 e. The molecule has 0 N–H and O–H groups in total. The minimum Gasteiger partial charge on any atom is -0.338 e. The van der Waals surface area contributed by atoms with Crippen LogP contribution < -0.4 is 0 Å². The first-order valence-electron chi connectivity index (χ1n) is 8.82. The molecule has 0 aromatic carbocycles. The number of aromatic nitrogens is 3. The fraction of sp³-hybridized carbons (Fsp3) is 0.611. The summed E-state index contributed by atoms with van der Waals surface area (Å²) < 4.78 is 5.45. The first-order valence-corrected chi connectivity index (χ1v) is 8.82. The van der Waals surface area contributed by atoms with E-state index in [1.54, 1.807) is 0 Å². The monoisotopic (exact) mass is 329 g/mol. The summed E-state index contributed by atoms with van der Waals surface area (Å²) in [6.45, 7) is 11.7. The van der Waals surface area contributed by atoms with Gasteiger partial charge in [-0.05, 0) is 31.0 Å². The number of hydrogen-bond acceptors (Lipinski definition) is 6. The summed E-state index contributed by atoms with van der Waals surface area (Å²) in [6, 6.07) is 4.38. The van der Waals surface area contributed by atoms with Crippen LogP contribution >= 0.6 is 0 Å². The van der Waals surface area contributed by atoms with Crippen LogP contribution in [0.5, 0.6) is 0 Å². The SMILES string of the molecule is CC(C)c1noc(C(C)N2CCN(CCc3ccncc3)CC2)n1. The van der Waals surface area contributed by atoms with Crippen LogP contribution in [-0.4, -0.2) is 57.6 Å². The van der Waals surface area contributed by atoms with E-state index in [4.69, 9.17) is 4.52 Å². The van der Waals surface area contributed by atoms with Crippen LogP contribution in [0, 0.1) is 0 Å². The van der Waals surface area contributed by atoms with Crippen LogP contribution in [0.2, 0.25) is 0 Å². The van der Waals surface area contributed by atoms with E-state index >= 15 is 0 Å². The summed E-state index contributed by atoms with van der Waals surface area (Å²) in [4.78, 5) is 13.6. The molecule has 2 aromatic heterocycles. The Kier molecular flexibility index (Phi) is 5.58. The fourth-order valence-corrected chi connectivity index (χ4v) is 3.02. The molecular weight excluding hydrogens is 302 g/mol. The molecule has 3 heterocycles. The van der Waals surface area contributed by atoms with Crippen LogP contribution in [-0.2, 0) is 6.42 Å². The number of piperazine rings is 1. The molecule has 6 nitrogen and oxygen atoms in total. The second-order valence-corrected chi connectivity index (χ2v) is 6.80. The van der Waals surface area contributed by atoms with Crippen LogP contribution in [0.25, 0.3) is 0 Å². The summed E-state index contributed by atoms with van der Waals surface area (Å²) in [7, 11) is 0. The third-order valence-corrected chi connectivity index (χ3v) is 4.75. The molecule has 0 radical (unpaired) electrons. The van der Waals surface area contributed by atoms with Crippen LogP contribution in [0.3, 0.4) is 0 Å². The van der Waals surface area contributed by atoms with Gasteiger partial charge >= 0.3 is 0 Å². The average molecular weight is 329 g/mol. The predicted octanol–water partition coefficient (Wildman–Crippen LogP) is 2.51. The lowest BCUT2D eigenvalue weighted by Crippen LogP contribution is -2.47. The Bertz CT molecular complexity index is 619. The van der Waals surface area contributed by atoms with E-state index in [-0.39, 0.29) is 6.04 Å². The molecule has 130 valence electrons. The average Bonchev–Trinajstić information content (AvgIpc) is 3.11. The van der Waals surface area contributed by atoms with E-state index in [1.807, 2.05) is 12.4 Å². The highest BCUT2D eigenvalue weighted by Crippen LogP contribution is 2.22. The zero-order valence-electron chi connectivity index (χ0n) is 14.9. The van der Waals surface area contributed by atoms with Gasteiger partial charge in [-0.25, -0.2) is 0 Å². The minimum atomic E-state index is 0.187. The third-order valence-electron chi connectivity index (χ3n) is 4.75. The van der Waals surface area contributed by atoms with Gasteiger partial charge in [0.2, 0.25) is 5.89 Å². The Balaban J connectivity index is 1.47. The summed E-state index contributed by atoms with van der Waals surface area (Å²) in [5.41, 5.74) is 1.35. The van der Waals surface area contributed by atoms with Gasteiger partial charge in [-0.3, -0.25) is 9.88 Å². The van der Waals surface area contributed by atoms with Gasteiger partial charge in [0.25, 0.3) is 0 Å². The van der Waals surface area contributed by atoms with Gasteiger partial charge in [0.05, 0.1) is 6.04 Å². The molecule has 1 saturated heterocycles. The maximum Gasteiger partial charge on any atom is 0.243 e. The molecular formula is C18H27N5O. The van der Waals surface area contributed by atoms with Crippen molar-refractivity contribution in [1.82, 2.24) is 24.9 Å². The molecule has 1 aliphatic heterocycles. The third kappa shape index (κ3) is 4.19. The Hall–Kier alpha value is -1.79. The molecule has 6 heteroatoms. The van der Waals surface area contributed by atoms with Crippen molar-refractivity contribution in [3.05, 3.63) is 41.8 Å². The molecule has 1 unspecified atom stereocenters. The van der Waals surface area contributed by atoms with Crippen molar-refractivity contribution in [1.29, 1.82) is 0 Å². The van der Waals surface area contributed by atoms with E-state index in [2.05, 4.69) is 57.8 Å². The smallest absolute Gasteiger partial charge is 0.243 e. The summed E-state index contributed by atoms with van der Waals surface area (Å²) in [5, 5.41) is 4.08. The topological polar surface area (TPSA) is 58.3 Å². The Morgan fingerprint density at radius 1 is 1.08 bits per heavy atom. The van der Waals surface area contributed by atoms with Crippen LogP contribution in [0.1, 0.15) is 50.0 Å². The molecule has 3 rings (SSSR count). The maximum absolute atomic E-state index is 5.45.